The predicted molar refractivity (Wildman–Crippen MR) is 103 cm³/mol. The molecule has 134 valence electrons. The Kier molecular flexibility index (Phi) is 3.97. The maximum atomic E-state index is 12.9. The predicted octanol–water partition coefficient (Wildman–Crippen LogP) is 3.00. The van der Waals surface area contributed by atoms with Gasteiger partial charge in [0.15, 0.2) is 11.0 Å². The smallest absolute Gasteiger partial charge is 0.262 e. The highest BCUT2D eigenvalue weighted by Crippen LogP contribution is 2.37. The van der Waals surface area contributed by atoms with E-state index in [9.17, 15) is 4.79 Å². The van der Waals surface area contributed by atoms with E-state index < -0.39 is 0 Å². The van der Waals surface area contributed by atoms with Gasteiger partial charge < -0.3 is 0 Å². The quantitative estimate of drug-likeness (QED) is 0.394. The second kappa shape index (κ2) is 6.62. The molecule has 0 bridgehead atoms. The minimum Gasteiger partial charge on any atom is -0.284 e. The molecule has 7 nitrogen and oxygen atoms in total. The Bertz CT molecular complexity index is 1170. The zero-order chi connectivity index (χ0) is 18.2. The molecular formula is C19H16N6OS. The molecule has 0 saturated heterocycles. The summed E-state index contributed by atoms with van der Waals surface area (Å²) in [5.74, 6) is 1.25. The molecule has 0 unspecified atom stereocenters. The van der Waals surface area contributed by atoms with Gasteiger partial charge in [-0.15, -0.1) is 5.10 Å². The van der Waals surface area contributed by atoms with Gasteiger partial charge in [-0.25, -0.2) is 4.98 Å². The van der Waals surface area contributed by atoms with E-state index in [-0.39, 0.29) is 11.6 Å². The lowest BCUT2D eigenvalue weighted by Gasteiger charge is -2.12. The highest BCUT2D eigenvalue weighted by molar-refractivity contribution is 7.98. The minimum absolute atomic E-state index is 0.0354. The van der Waals surface area contributed by atoms with Crippen LogP contribution in [0.15, 0.2) is 64.5 Å². The molecule has 0 spiro atoms. The third kappa shape index (κ3) is 3.02. The SMILES string of the molecule is O=c1c2ccccc2nc(SCc2nnnn2-c2ccccc2)n1C1CC1. The summed E-state index contributed by atoms with van der Waals surface area (Å²) < 4.78 is 3.55. The maximum absolute atomic E-state index is 12.9. The molecule has 4 aromatic rings. The first-order valence-corrected chi connectivity index (χ1v) is 9.76. The molecule has 1 aliphatic carbocycles. The number of tetrazole rings is 1. The van der Waals surface area contributed by atoms with E-state index in [2.05, 4.69) is 15.5 Å². The van der Waals surface area contributed by atoms with Crippen molar-refractivity contribution in [2.24, 2.45) is 0 Å². The maximum Gasteiger partial charge on any atom is 0.262 e. The van der Waals surface area contributed by atoms with E-state index in [0.29, 0.717) is 11.1 Å². The number of benzene rings is 2. The van der Waals surface area contributed by atoms with Crippen LogP contribution in [0.5, 0.6) is 0 Å². The second-order valence-electron chi connectivity index (χ2n) is 6.45. The first-order valence-electron chi connectivity index (χ1n) is 8.78. The van der Waals surface area contributed by atoms with Gasteiger partial charge >= 0.3 is 0 Å². The fourth-order valence-corrected chi connectivity index (χ4v) is 4.05. The number of hydrogen-bond acceptors (Lipinski definition) is 6. The number of fused-ring (bicyclic) bond motifs is 1. The van der Waals surface area contributed by atoms with Crippen molar-refractivity contribution < 1.29 is 0 Å². The number of rotatable bonds is 5. The summed E-state index contributed by atoms with van der Waals surface area (Å²) in [5, 5.41) is 13.4. The number of thioether (sulfide) groups is 1. The van der Waals surface area contributed by atoms with Gasteiger partial charge in [0.25, 0.3) is 5.56 Å². The summed E-state index contributed by atoms with van der Waals surface area (Å²) in [7, 11) is 0. The normalized spacial score (nSPS) is 13.9. The van der Waals surface area contributed by atoms with Crippen molar-refractivity contribution in [2.75, 3.05) is 0 Å². The molecule has 0 radical (unpaired) electrons. The van der Waals surface area contributed by atoms with Crippen molar-refractivity contribution in [1.29, 1.82) is 0 Å². The van der Waals surface area contributed by atoms with Crippen molar-refractivity contribution in [2.45, 2.75) is 29.8 Å². The molecule has 0 amide bonds. The Morgan fingerprint density at radius 1 is 1.04 bits per heavy atom. The van der Waals surface area contributed by atoms with E-state index >= 15 is 0 Å². The largest absolute Gasteiger partial charge is 0.284 e. The summed E-state index contributed by atoms with van der Waals surface area (Å²) in [5.41, 5.74) is 1.67. The van der Waals surface area contributed by atoms with Gasteiger partial charge in [0, 0.05) is 6.04 Å². The van der Waals surface area contributed by atoms with Crippen LogP contribution in [-0.2, 0) is 5.75 Å². The number of nitrogens with zero attached hydrogens (tertiary/aromatic N) is 6. The molecule has 0 N–H and O–H groups in total. The molecule has 1 aliphatic rings. The molecule has 27 heavy (non-hydrogen) atoms. The van der Waals surface area contributed by atoms with Crippen LogP contribution in [0.1, 0.15) is 24.7 Å². The van der Waals surface area contributed by atoms with Gasteiger partial charge in [0.1, 0.15) is 0 Å². The molecule has 1 saturated carbocycles. The van der Waals surface area contributed by atoms with Crippen molar-refractivity contribution in [1.82, 2.24) is 29.8 Å². The van der Waals surface area contributed by atoms with Crippen LogP contribution < -0.4 is 5.56 Å². The minimum atomic E-state index is 0.0354. The average molecular weight is 376 g/mol. The van der Waals surface area contributed by atoms with Gasteiger partial charge in [-0.3, -0.25) is 9.36 Å². The molecule has 2 aromatic heterocycles. The molecule has 0 atom stereocenters. The fourth-order valence-electron chi connectivity index (χ4n) is 3.08. The average Bonchev–Trinajstić information content (AvgIpc) is 3.43. The Morgan fingerprint density at radius 3 is 2.63 bits per heavy atom. The number of aromatic nitrogens is 6. The molecule has 2 heterocycles. The monoisotopic (exact) mass is 376 g/mol. The van der Waals surface area contributed by atoms with Crippen molar-refractivity contribution in [3.05, 3.63) is 70.8 Å². The van der Waals surface area contributed by atoms with Crippen LogP contribution in [-0.4, -0.2) is 29.8 Å². The van der Waals surface area contributed by atoms with Crippen LogP contribution in [0.3, 0.4) is 0 Å². The van der Waals surface area contributed by atoms with Crippen molar-refractivity contribution in [3.63, 3.8) is 0 Å². The Balaban J connectivity index is 1.51. The van der Waals surface area contributed by atoms with E-state index in [0.717, 1.165) is 35.0 Å². The summed E-state index contributed by atoms with van der Waals surface area (Å²) in [6.07, 6.45) is 2.05. The summed E-state index contributed by atoms with van der Waals surface area (Å²) in [4.78, 5) is 17.7. The highest BCUT2D eigenvalue weighted by atomic mass is 32.2. The van der Waals surface area contributed by atoms with Crippen LogP contribution in [0.25, 0.3) is 16.6 Å². The van der Waals surface area contributed by atoms with Crippen molar-refractivity contribution >= 4 is 22.7 Å². The Morgan fingerprint density at radius 2 is 1.81 bits per heavy atom. The van der Waals surface area contributed by atoms with Gasteiger partial charge in [0.2, 0.25) is 0 Å². The zero-order valence-corrected chi connectivity index (χ0v) is 15.2. The number of para-hydroxylation sites is 2. The summed E-state index contributed by atoms with van der Waals surface area (Å²) in [6.45, 7) is 0. The lowest BCUT2D eigenvalue weighted by Crippen LogP contribution is -2.22. The second-order valence-corrected chi connectivity index (χ2v) is 7.39. The first kappa shape index (κ1) is 16.2. The number of hydrogen-bond donors (Lipinski definition) is 0. The standard InChI is InChI=1S/C19H16N6OS/c26-18-15-8-4-5-9-16(15)20-19(24(18)13-10-11-13)27-12-17-21-22-23-25(17)14-6-2-1-3-7-14/h1-9,13H,10-12H2. The van der Waals surface area contributed by atoms with E-state index in [1.807, 2.05) is 59.2 Å². The summed E-state index contributed by atoms with van der Waals surface area (Å²) in [6, 6.07) is 17.5. The van der Waals surface area contributed by atoms with Crippen LogP contribution in [0, 0.1) is 0 Å². The van der Waals surface area contributed by atoms with E-state index in [1.54, 1.807) is 4.68 Å². The molecule has 2 aromatic carbocycles. The van der Waals surface area contributed by atoms with Gasteiger partial charge in [-0.1, -0.05) is 42.1 Å². The van der Waals surface area contributed by atoms with Gasteiger partial charge in [0.05, 0.1) is 22.3 Å². The van der Waals surface area contributed by atoms with Crippen LogP contribution in [0.2, 0.25) is 0 Å². The molecule has 1 fully saturated rings. The van der Waals surface area contributed by atoms with E-state index in [4.69, 9.17) is 4.98 Å². The van der Waals surface area contributed by atoms with Gasteiger partial charge in [-0.2, -0.15) is 4.68 Å². The summed E-state index contributed by atoms with van der Waals surface area (Å²) >= 11 is 1.50. The third-order valence-electron chi connectivity index (χ3n) is 4.55. The molecule has 8 heteroatoms. The van der Waals surface area contributed by atoms with Crippen molar-refractivity contribution in [3.8, 4) is 5.69 Å². The van der Waals surface area contributed by atoms with Crippen LogP contribution in [0.4, 0.5) is 0 Å². The first-order chi connectivity index (χ1) is 13.3. The molecule has 0 aliphatic heterocycles. The topological polar surface area (TPSA) is 78.5 Å². The van der Waals surface area contributed by atoms with Crippen LogP contribution >= 0.6 is 11.8 Å². The third-order valence-corrected chi connectivity index (χ3v) is 5.50. The Labute approximate surface area is 159 Å². The van der Waals surface area contributed by atoms with E-state index in [1.165, 1.54) is 11.8 Å². The fraction of sp³-hybridized carbons (Fsp3) is 0.211. The lowest BCUT2D eigenvalue weighted by atomic mass is 10.2. The molecule has 5 rings (SSSR count). The molecular weight excluding hydrogens is 360 g/mol. The van der Waals surface area contributed by atoms with Gasteiger partial charge in [-0.05, 0) is 47.5 Å². The lowest BCUT2D eigenvalue weighted by molar-refractivity contribution is 0.617. The zero-order valence-electron chi connectivity index (χ0n) is 14.4. The highest BCUT2D eigenvalue weighted by Gasteiger charge is 2.28. The Hall–Kier alpha value is -3.00.